The van der Waals surface area contributed by atoms with Gasteiger partial charge in [0.15, 0.2) is 0 Å². The first-order valence-corrected chi connectivity index (χ1v) is 4.95. The molecule has 0 spiro atoms. The zero-order valence-electron chi connectivity index (χ0n) is 8.99. The quantitative estimate of drug-likeness (QED) is 0.426. The molecule has 0 aliphatic heterocycles. The summed E-state index contributed by atoms with van der Waals surface area (Å²) < 4.78 is 0. The van der Waals surface area contributed by atoms with E-state index in [1.165, 1.54) is 6.42 Å². The third-order valence-electron chi connectivity index (χ3n) is 3.71. The van der Waals surface area contributed by atoms with Crippen molar-refractivity contribution in [1.29, 1.82) is 0 Å². The van der Waals surface area contributed by atoms with Gasteiger partial charge in [0.1, 0.15) is 0 Å². The van der Waals surface area contributed by atoms with Gasteiger partial charge in [-0.1, -0.05) is 50.3 Å². The maximum atomic E-state index is 2.38. The topological polar surface area (TPSA) is 0 Å². The highest BCUT2D eigenvalue weighted by Gasteiger charge is 2.48. The van der Waals surface area contributed by atoms with Crippen LogP contribution in [0.5, 0.6) is 0 Å². The van der Waals surface area contributed by atoms with E-state index < -0.39 is 0 Å². The smallest absolute Gasteiger partial charge is 0.0118 e. The molecule has 15 heavy (non-hydrogen) atoms. The molecule has 2 aliphatic carbocycles. The Morgan fingerprint density at radius 3 is 1.67 bits per heavy atom. The number of benzene rings is 1. The van der Waals surface area contributed by atoms with Crippen LogP contribution in [0.25, 0.3) is 0 Å². The molecule has 3 rings (SSSR count). The molecule has 0 saturated carbocycles. The van der Waals surface area contributed by atoms with E-state index in [1.807, 2.05) is 0 Å². The molecule has 0 nitrogen and oxygen atoms in total. The molecule has 0 aromatic heterocycles. The highest BCUT2D eigenvalue weighted by molar-refractivity contribution is 14.0. The fourth-order valence-electron chi connectivity index (χ4n) is 3.10. The molecule has 0 N–H and O–H groups in total. The average molecular weight is 426 g/mol. The molecule has 1 aromatic carbocycles. The summed E-state index contributed by atoms with van der Waals surface area (Å²) in [7, 11) is 0. The number of hydrogen-bond donors (Lipinski definition) is 0. The van der Waals surface area contributed by atoms with Crippen LogP contribution in [0.1, 0.15) is 31.4 Å². The molecule has 0 radical (unpaired) electrons. The van der Waals surface area contributed by atoms with Crippen molar-refractivity contribution in [3.63, 3.8) is 0 Å². The first-order valence-electron chi connectivity index (χ1n) is 4.95. The molecule has 0 heterocycles. The van der Waals surface area contributed by atoms with Gasteiger partial charge >= 0.3 is 0 Å². The van der Waals surface area contributed by atoms with Gasteiger partial charge in [0.05, 0.1) is 0 Å². The Labute approximate surface area is 126 Å². The van der Waals surface area contributed by atoms with Crippen LogP contribution in [0.3, 0.4) is 0 Å². The highest BCUT2D eigenvalue weighted by atomic mass is 127. The van der Waals surface area contributed by atoms with Gasteiger partial charge in [-0.2, -0.15) is 0 Å². The Morgan fingerprint density at radius 2 is 1.27 bits per heavy atom. The summed E-state index contributed by atoms with van der Waals surface area (Å²) in [6.07, 6.45) is 6.03. The summed E-state index contributed by atoms with van der Waals surface area (Å²) in [5, 5.41) is 0. The third kappa shape index (κ3) is 1.68. The summed E-state index contributed by atoms with van der Waals surface area (Å²) >= 11 is 0. The summed E-state index contributed by atoms with van der Waals surface area (Å²) in [4.78, 5) is 0. The summed E-state index contributed by atoms with van der Waals surface area (Å²) in [6.45, 7) is 4.70. The Balaban J connectivity index is 0.000000562. The van der Waals surface area contributed by atoms with Crippen LogP contribution in [-0.4, -0.2) is 0 Å². The lowest BCUT2D eigenvalue weighted by atomic mass is 9.84. The normalized spacial score (nSPS) is 34.3. The molecule has 0 fully saturated rings. The average Bonchev–Trinajstić information content (AvgIpc) is 2.55. The molecule has 2 bridgehead atoms. The second kappa shape index (κ2) is 4.02. The Hall–Kier alpha value is 0.420. The van der Waals surface area contributed by atoms with E-state index in [-0.39, 0.29) is 48.0 Å². The number of allylic oxidation sites excluding steroid dienone is 2. The van der Waals surface area contributed by atoms with Crippen molar-refractivity contribution < 1.29 is 0 Å². The van der Waals surface area contributed by atoms with Gasteiger partial charge in [0.2, 0.25) is 0 Å². The fourth-order valence-corrected chi connectivity index (χ4v) is 3.10. The SMILES string of the molecule is CC12C=CC(C)(C1)c1ccccc12.I.I. The van der Waals surface area contributed by atoms with Gasteiger partial charge in [-0.3, -0.25) is 0 Å². The van der Waals surface area contributed by atoms with Crippen molar-refractivity contribution in [2.75, 3.05) is 0 Å². The predicted molar refractivity (Wildman–Crippen MR) is 85.7 cm³/mol. The third-order valence-corrected chi connectivity index (χ3v) is 3.71. The fraction of sp³-hybridized carbons (Fsp3) is 0.385. The van der Waals surface area contributed by atoms with Gasteiger partial charge in [-0.15, -0.1) is 48.0 Å². The zero-order chi connectivity index (χ0) is 9.10. The van der Waals surface area contributed by atoms with Crippen LogP contribution in [0.4, 0.5) is 0 Å². The van der Waals surface area contributed by atoms with E-state index in [9.17, 15) is 0 Å². The summed E-state index contributed by atoms with van der Waals surface area (Å²) in [5.74, 6) is 0. The maximum Gasteiger partial charge on any atom is 0.0118 e. The van der Waals surface area contributed by atoms with Crippen molar-refractivity contribution >= 4 is 48.0 Å². The summed E-state index contributed by atoms with van der Waals surface area (Å²) in [5.41, 5.74) is 3.73. The van der Waals surface area contributed by atoms with E-state index in [0.717, 1.165) is 0 Å². The standard InChI is InChI=1S/C13H14.2HI/c1-12-7-8-13(2,9-12)11-6-4-3-5-10(11)12;;/h3-8H,9H2,1-2H3;2*1H. The Bertz CT molecular complexity index is 374. The molecular formula is C13H16I2. The number of halogens is 2. The predicted octanol–water partition coefficient (Wildman–Crippen LogP) is 4.41. The minimum Gasteiger partial charge on any atom is -0.107 e. The van der Waals surface area contributed by atoms with Gasteiger partial charge in [-0.05, 0) is 17.5 Å². The molecule has 2 atom stereocenters. The van der Waals surface area contributed by atoms with Crippen molar-refractivity contribution in [2.24, 2.45) is 0 Å². The van der Waals surface area contributed by atoms with Crippen LogP contribution in [0.15, 0.2) is 36.4 Å². The van der Waals surface area contributed by atoms with E-state index in [0.29, 0.717) is 10.8 Å². The minimum absolute atomic E-state index is 0. The molecule has 82 valence electrons. The molecule has 1 aromatic rings. The molecule has 2 unspecified atom stereocenters. The van der Waals surface area contributed by atoms with Crippen molar-refractivity contribution in [1.82, 2.24) is 0 Å². The number of rotatable bonds is 0. The van der Waals surface area contributed by atoms with E-state index in [4.69, 9.17) is 0 Å². The zero-order valence-corrected chi connectivity index (χ0v) is 13.6. The van der Waals surface area contributed by atoms with Crippen LogP contribution in [0.2, 0.25) is 0 Å². The van der Waals surface area contributed by atoms with Crippen molar-refractivity contribution in [2.45, 2.75) is 31.1 Å². The Morgan fingerprint density at radius 1 is 0.867 bits per heavy atom. The van der Waals surface area contributed by atoms with Crippen LogP contribution >= 0.6 is 48.0 Å². The van der Waals surface area contributed by atoms with Crippen molar-refractivity contribution in [3.05, 3.63) is 47.5 Å². The molecular weight excluding hydrogens is 410 g/mol. The maximum absolute atomic E-state index is 2.38. The van der Waals surface area contributed by atoms with Crippen molar-refractivity contribution in [3.8, 4) is 0 Å². The van der Waals surface area contributed by atoms with E-state index in [1.54, 1.807) is 11.1 Å². The molecule has 0 saturated heterocycles. The van der Waals surface area contributed by atoms with Crippen LogP contribution in [0, 0.1) is 0 Å². The summed E-state index contributed by atoms with van der Waals surface area (Å²) in [6, 6.07) is 8.87. The van der Waals surface area contributed by atoms with Crippen LogP contribution in [-0.2, 0) is 10.8 Å². The first kappa shape index (κ1) is 13.5. The molecule has 0 amide bonds. The lowest BCUT2D eigenvalue weighted by Gasteiger charge is -2.21. The largest absolute Gasteiger partial charge is 0.107 e. The molecule has 2 aliphatic rings. The number of fused-ring (bicyclic) bond motifs is 5. The first-order chi connectivity index (χ1) is 6.14. The van der Waals surface area contributed by atoms with E-state index in [2.05, 4.69) is 50.3 Å². The van der Waals surface area contributed by atoms with E-state index >= 15 is 0 Å². The monoisotopic (exact) mass is 426 g/mol. The van der Waals surface area contributed by atoms with Gasteiger partial charge in [0, 0.05) is 10.8 Å². The van der Waals surface area contributed by atoms with Gasteiger partial charge in [-0.25, -0.2) is 0 Å². The van der Waals surface area contributed by atoms with Crippen LogP contribution < -0.4 is 0 Å². The highest BCUT2D eigenvalue weighted by Crippen LogP contribution is 2.55. The Kier molecular flexibility index (Phi) is 3.61. The van der Waals surface area contributed by atoms with Gasteiger partial charge < -0.3 is 0 Å². The second-order valence-corrected chi connectivity index (χ2v) is 4.89. The molecule has 2 heteroatoms. The lowest BCUT2D eigenvalue weighted by molar-refractivity contribution is 0.517. The lowest BCUT2D eigenvalue weighted by Crippen LogP contribution is -2.12. The minimum atomic E-state index is 0. The number of hydrogen-bond acceptors (Lipinski definition) is 0. The van der Waals surface area contributed by atoms with Gasteiger partial charge in [0.25, 0.3) is 0 Å². The second-order valence-electron chi connectivity index (χ2n) is 4.89.